The Balaban J connectivity index is 1.08. The van der Waals surface area contributed by atoms with Crippen molar-refractivity contribution in [1.82, 2.24) is 9.13 Å². The van der Waals surface area contributed by atoms with E-state index in [4.69, 9.17) is 0 Å². The zero-order valence-electron chi connectivity index (χ0n) is 30.7. The topological polar surface area (TPSA) is 9.86 Å². The molecule has 2 heterocycles. The Kier molecular flexibility index (Phi) is 7.53. The third-order valence-corrected chi connectivity index (χ3v) is 11.3. The Morgan fingerprint density at radius 1 is 0.232 bits per heavy atom. The molecule has 0 saturated carbocycles. The van der Waals surface area contributed by atoms with Gasteiger partial charge in [-0.15, -0.1) is 0 Å². The summed E-state index contributed by atoms with van der Waals surface area (Å²) in [6.07, 6.45) is 0. The second-order valence-corrected chi connectivity index (χ2v) is 14.5. The Bertz CT molecular complexity index is 3240. The molecule has 9 aromatic carbocycles. The van der Waals surface area contributed by atoms with Crippen LogP contribution in [0.4, 0.5) is 0 Å². The number of para-hydroxylation sites is 2. The lowest BCUT2D eigenvalue weighted by Crippen LogP contribution is -1.95. The molecule has 2 nitrogen and oxygen atoms in total. The third-order valence-electron chi connectivity index (χ3n) is 11.3. The predicted molar refractivity (Wildman–Crippen MR) is 237 cm³/mol. The summed E-state index contributed by atoms with van der Waals surface area (Å²) in [5, 5.41) is 5.00. The summed E-state index contributed by atoms with van der Waals surface area (Å²) in [5.41, 5.74) is 16.8. The van der Waals surface area contributed by atoms with Gasteiger partial charge in [0.05, 0.1) is 22.1 Å². The second kappa shape index (κ2) is 13.2. The largest absolute Gasteiger partial charge is 0.309 e. The van der Waals surface area contributed by atoms with Gasteiger partial charge in [-0.05, 0) is 99.1 Å². The molecule has 0 unspecified atom stereocenters. The van der Waals surface area contributed by atoms with E-state index in [1.54, 1.807) is 0 Å². The number of fused-ring (bicyclic) bond motifs is 6. The number of hydrogen-bond acceptors (Lipinski definition) is 0. The Hall–Kier alpha value is -7.42. The Labute approximate surface area is 325 Å². The summed E-state index contributed by atoms with van der Waals surface area (Å²) in [6.45, 7) is 0. The van der Waals surface area contributed by atoms with Crippen molar-refractivity contribution in [3.8, 4) is 55.9 Å². The van der Waals surface area contributed by atoms with Crippen LogP contribution < -0.4 is 0 Å². The zero-order chi connectivity index (χ0) is 37.0. The van der Waals surface area contributed by atoms with Crippen LogP contribution in [0.1, 0.15) is 0 Å². The maximum atomic E-state index is 2.43. The molecule has 0 aliphatic rings. The summed E-state index contributed by atoms with van der Waals surface area (Å²) in [7, 11) is 0. The van der Waals surface area contributed by atoms with Crippen molar-refractivity contribution in [2.24, 2.45) is 0 Å². The lowest BCUT2D eigenvalue weighted by Gasteiger charge is -2.13. The van der Waals surface area contributed by atoms with Crippen molar-refractivity contribution in [2.75, 3.05) is 0 Å². The highest BCUT2D eigenvalue weighted by atomic mass is 15.0. The Morgan fingerprint density at radius 3 is 1.45 bits per heavy atom. The first-order chi connectivity index (χ1) is 27.8. The molecule has 11 aromatic rings. The molecule has 0 spiro atoms. The van der Waals surface area contributed by atoms with Crippen LogP contribution in [0.5, 0.6) is 0 Å². The number of hydrogen-bond donors (Lipinski definition) is 0. The first kappa shape index (κ1) is 32.0. The van der Waals surface area contributed by atoms with Gasteiger partial charge in [0, 0.05) is 32.9 Å². The Morgan fingerprint density at radius 2 is 0.696 bits per heavy atom. The van der Waals surface area contributed by atoms with E-state index in [1.165, 1.54) is 88.1 Å². The molecule has 11 rings (SSSR count). The zero-order valence-corrected chi connectivity index (χ0v) is 30.7. The maximum absolute atomic E-state index is 2.43. The highest BCUT2D eigenvalue weighted by Crippen LogP contribution is 2.42. The van der Waals surface area contributed by atoms with E-state index >= 15 is 0 Å². The van der Waals surface area contributed by atoms with Gasteiger partial charge in [0.25, 0.3) is 0 Å². The van der Waals surface area contributed by atoms with Crippen molar-refractivity contribution >= 4 is 43.6 Å². The van der Waals surface area contributed by atoms with Crippen LogP contribution in [0, 0.1) is 0 Å². The highest BCUT2D eigenvalue weighted by Gasteiger charge is 2.19. The molecule has 0 fully saturated rings. The van der Waals surface area contributed by atoms with Crippen molar-refractivity contribution in [3.05, 3.63) is 218 Å². The van der Waals surface area contributed by atoms with Gasteiger partial charge >= 0.3 is 0 Å². The van der Waals surface area contributed by atoms with Gasteiger partial charge in [-0.2, -0.15) is 0 Å². The van der Waals surface area contributed by atoms with Crippen molar-refractivity contribution in [3.63, 3.8) is 0 Å². The van der Waals surface area contributed by atoms with Gasteiger partial charge in [0.2, 0.25) is 0 Å². The average Bonchev–Trinajstić information content (AvgIpc) is 3.80. The molecular weight excluding hydrogens is 677 g/mol. The molecule has 0 amide bonds. The van der Waals surface area contributed by atoms with E-state index in [9.17, 15) is 0 Å². The third kappa shape index (κ3) is 5.19. The number of aromatic nitrogens is 2. The number of nitrogens with zero attached hydrogens (tertiary/aromatic N) is 2. The summed E-state index contributed by atoms with van der Waals surface area (Å²) in [4.78, 5) is 0. The van der Waals surface area contributed by atoms with Crippen LogP contribution >= 0.6 is 0 Å². The predicted octanol–water partition coefficient (Wildman–Crippen LogP) is 14.5. The molecule has 2 aromatic heterocycles. The van der Waals surface area contributed by atoms with E-state index in [0.717, 1.165) is 11.4 Å². The molecule has 56 heavy (non-hydrogen) atoms. The SMILES string of the molecule is c1ccc(-c2cccc(-n3c4ccccc4c4c(-c5ccc6c(c5)c5ccccc5n6-c5cccc(-c6ccccc6-c6ccccc6)c5)cccc43)c2)cc1. The molecule has 0 bridgehead atoms. The molecule has 0 atom stereocenters. The van der Waals surface area contributed by atoms with Crippen LogP contribution in [0.2, 0.25) is 0 Å². The van der Waals surface area contributed by atoms with E-state index in [-0.39, 0.29) is 0 Å². The monoisotopic (exact) mass is 712 g/mol. The molecule has 0 radical (unpaired) electrons. The van der Waals surface area contributed by atoms with Gasteiger partial charge in [0.1, 0.15) is 0 Å². The van der Waals surface area contributed by atoms with Crippen LogP contribution in [0.25, 0.3) is 99.5 Å². The lowest BCUT2D eigenvalue weighted by molar-refractivity contribution is 1.18. The van der Waals surface area contributed by atoms with Gasteiger partial charge in [-0.3, -0.25) is 0 Å². The summed E-state index contributed by atoms with van der Waals surface area (Å²) < 4.78 is 4.85. The van der Waals surface area contributed by atoms with Crippen molar-refractivity contribution in [1.29, 1.82) is 0 Å². The minimum absolute atomic E-state index is 1.15. The van der Waals surface area contributed by atoms with Gasteiger partial charge in [-0.25, -0.2) is 0 Å². The summed E-state index contributed by atoms with van der Waals surface area (Å²) in [5.74, 6) is 0. The standard InChI is InChI=1S/C54H36N2/c1-3-16-37(17-4-1)39-20-13-22-42(34-39)56-51-30-12-10-27-48(51)54-46(28-15-31-53(54)56)41-32-33-52-49(36-41)47-26-9-11-29-50(47)55(52)43-23-14-21-40(35-43)45-25-8-7-24-44(45)38-18-5-2-6-19-38/h1-36H. The molecule has 262 valence electrons. The van der Waals surface area contributed by atoms with E-state index < -0.39 is 0 Å². The fourth-order valence-electron chi connectivity index (χ4n) is 8.83. The summed E-state index contributed by atoms with van der Waals surface area (Å²) >= 11 is 0. The number of benzene rings is 9. The maximum Gasteiger partial charge on any atom is 0.0547 e. The summed E-state index contributed by atoms with van der Waals surface area (Å²) in [6, 6.07) is 79.3. The smallest absolute Gasteiger partial charge is 0.0547 e. The van der Waals surface area contributed by atoms with Crippen LogP contribution in [0.3, 0.4) is 0 Å². The second-order valence-electron chi connectivity index (χ2n) is 14.5. The first-order valence-electron chi connectivity index (χ1n) is 19.3. The molecule has 2 heteroatoms. The number of rotatable bonds is 6. The van der Waals surface area contributed by atoms with Crippen LogP contribution in [-0.2, 0) is 0 Å². The van der Waals surface area contributed by atoms with Crippen molar-refractivity contribution in [2.45, 2.75) is 0 Å². The first-order valence-corrected chi connectivity index (χ1v) is 19.3. The van der Waals surface area contributed by atoms with Crippen LogP contribution in [0.15, 0.2) is 218 Å². The van der Waals surface area contributed by atoms with E-state index in [2.05, 4.69) is 228 Å². The van der Waals surface area contributed by atoms with Crippen LogP contribution in [-0.4, -0.2) is 9.13 Å². The molecule has 0 aliphatic heterocycles. The molecule has 0 saturated heterocycles. The highest BCUT2D eigenvalue weighted by molar-refractivity contribution is 6.17. The molecular formula is C54H36N2. The fraction of sp³-hybridized carbons (Fsp3) is 0. The van der Waals surface area contributed by atoms with Gasteiger partial charge < -0.3 is 9.13 Å². The minimum Gasteiger partial charge on any atom is -0.309 e. The lowest BCUT2D eigenvalue weighted by atomic mass is 9.94. The fourth-order valence-corrected chi connectivity index (χ4v) is 8.83. The molecule has 0 N–H and O–H groups in total. The van der Waals surface area contributed by atoms with Crippen molar-refractivity contribution < 1.29 is 0 Å². The normalized spacial score (nSPS) is 11.6. The molecule has 0 aliphatic carbocycles. The van der Waals surface area contributed by atoms with E-state index in [0.29, 0.717) is 0 Å². The minimum atomic E-state index is 1.15. The average molecular weight is 713 g/mol. The van der Waals surface area contributed by atoms with Gasteiger partial charge in [0.15, 0.2) is 0 Å². The quantitative estimate of drug-likeness (QED) is 0.162. The van der Waals surface area contributed by atoms with Gasteiger partial charge in [-0.1, -0.05) is 164 Å². The van der Waals surface area contributed by atoms with E-state index in [1.807, 2.05) is 0 Å².